The highest BCUT2D eigenvalue weighted by Gasteiger charge is 2.54. The van der Waals surface area contributed by atoms with Crippen LogP contribution >= 0.6 is 0 Å². The standard InChI is InChI=1S/C24H24F3N7O3/c25-24(26,27)4-3-19(35)14-33-15-34(18-2-1-7-28-13-18)23(22(33)37)5-8-32(9-6-23)21(36)17-10-16-12-30-31-20(16)29-11-17/h1-2,7,10-13H,3-6,8-9,14-15H2,(H,29,30,31). The Labute approximate surface area is 209 Å². The molecule has 5 heterocycles. The van der Waals surface area contributed by atoms with E-state index >= 15 is 0 Å². The molecule has 0 bridgehead atoms. The highest BCUT2D eigenvalue weighted by molar-refractivity contribution is 5.99. The molecule has 1 spiro atoms. The van der Waals surface area contributed by atoms with Gasteiger partial charge < -0.3 is 14.7 Å². The lowest BCUT2D eigenvalue weighted by molar-refractivity contribution is -0.145. The number of rotatable bonds is 6. The average Bonchev–Trinajstić information content (AvgIpc) is 3.46. The summed E-state index contributed by atoms with van der Waals surface area (Å²) >= 11 is 0. The minimum absolute atomic E-state index is 0.0529. The molecule has 0 unspecified atom stereocenters. The summed E-state index contributed by atoms with van der Waals surface area (Å²) in [6.07, 6.45) is 0.507. The molecule has 0 atom stereocenters. The van der Waals surface area contributed by atoms with Crippen LogP contribution in [-0.4, -0.2) is 85.6 Å². The number of piperidine rings is 1. The van der Waals surface area contributed by atoms with E-state index in [1.165, 1.54) is 11.1 Å². The molecule has 2 saturated heterocycles. The SMILES string of the molecule is O=C(CCC(F)(F)F)CN1CN(c2cccnc2)C2(CCN(C(=O)c3cnc4[nH]ncc4c3)CC2)C1=O. The van der Waals surface area contributed by atoms with Crippen LogP contribution in [0.4, 0.5) is 18.9 Å². The minimum Gasteiger partial charge on any atom is -0.338 e. The molecule has 37 heavy (non-hydrogen) atoms. The number of alkyl halides is 3. The largest absolute Gasteiger partial charge is 0.389 e. The van der Waals surface area contributed by atoms with E-state index in [9.17, 15) is 27.6 Å². The predicted octanol–water partition coefficient (Wildman–Crippen LogP) is 2.55. The Balaban J connectivity index is 1.33. The molecule has 10 nitrogen and oxygen atoms in total. The summed E-state index contributed by atoms with van der Waals surface area (Å²) in [4.78, 5) is 52.2. The number of Topliss-reactive ketones (excluding diaryl/α,β-unsaturated/α-hetero) is 1. The van der Waals surface area contributed by atoms with Crippen molar-refractivity contribution in [2.24, 2.45) is 0 Å². The molecule has 5 rings (SSSR count). The first-order chi connectivity index (χ1) is 17.7. The van der Waals surface area contributed by atoms with Crippen molar-refractivity contribution in [1.29, 1.82) is 0 Å². The summed E-state index contributed by atoms with van der Waals surface area (Å²) in [7, 11) is 0. The van der Waals surface area contributed by atoms with E-state index in [2.05, 4.69) is 20.2 Å². The molecule has 2 fully saturated rings. The number of H-pyrrole nitrogens is 1. The zero-order valence-corrected chi connectivity index (χ0v) is 19.7. The van der Waals surface area contributed by atoms with Gasteiger partial charge in [-0.05, 0) is 31.0 Å². The Kier molecular flexibility index (Phi) is 6.30. The Hall–Kier alpha value is -4.03. The lowest BCUT2D eigenvalue weighted by Crippen LogP contribution is -2.57. The molecule has 3 aromatic rings. The van der Waals surface area contributed by atoms with E-state index in [-0.39, 0.29) is 31.6 Å². The number of anilines is 1. The van der Waals surface area contributed by atoms with Crippen molar-refractivity contribution in [3.63, 3.8) is 0 Å². The van der Waals surface area contributed by atoms with E-state index in [0.29, 0.717) is 35.1 Å². The first-order valence-corrected chi connectivity index (χ1v) is 11.8. The number of amides is 2. The summed E-state index contributed by atoms with van der Waals surface area (Å²) in [5.41, 5.74) is 0.610. The van der Waals surface area contributed by atoms with E-state index in [1.54, 1.807) is 41.7 Å². The number of ketones is 1. The van der Waals surface area contributed by atoms with Gasteiger partial charge in [0.2, 0.25) is 5.91 Å². The zero-order chi connectivity index (χ0) is 26.2. The molecular formula is C24H24F3N7O3. The number of likely N-dealkylation sites (tertiary alicyclic amines) is 1. The highest BCUT2D eigenvalue weighted by Crippen LogP contribution is 2.39. The van der Waals surface area contributed by atoms with E-state index in [1.807, 2.05) is 4.90 Å². The summed E-state index contributed by atoms with van der Waals surface area (Å²) < 4.78 is 37.7. The average molecular weight is 515 g/mol. The number of nitrogens with one attached hydrogen (secondary N) is 1. The Bertz CT molecular complexity index is 1320. The van der Waals surface area contributed by atoms with Crippen molar-refractivity contribution in [3.8, 4) is 0 Å². The molecule has 1 N–H and O–H groups in total. The molecule has 0 saturated carbocycles. The second-order valence-electron chi connectivity index (χ2n) is 9.29. The molecule has 0 radical (unpaired) electrons. The predicted molar refractivity (Wildman–Crippen MR) is 125 cm³/mol. The lowest BCUT2D eigenvalue weighted by atomic mass is 9.85. The molecule has 2 amide bonds. The second-order valence-corrected chi connectivity index (χ2v) is 9.29. The first-order valence-electron chi connectivity index (χ1n) is 11.8. The van der Waals surface area contributed by atoms with Gasteiger partial charge in [0, 0.05) is 37.3 Å². The smallest absolute Gasteiger partial charge is 0.338 e. The van der Waals surface area contributed by atoms with Gasteiger partial charge in [0.05, 0.1) is 43.3 Å². The number of hydrogen-bond acceptors (Lipinski definition) is 7. The molecule has 0 aromatic carbocycles. The quantitative estimate of drug-likeness (QED) is 0.537. The van der Waals surface area contributed by atoms with Crippen LogP contribution in [0.3, 0.4) is 0 Å². The number of carbonyl (C=O) groups excluding carboxylic acids is 3. The molecule has 3 aromatic heterocycles. The van der Waals surface area contributed by atoms with Crippen molar-refractivity contribution in [3.05, 3.63) is 48.5 Å². The summed E-state index contributed by atoms with van der Waals surface area (Å²) in [6, 6.07) is 5.22. The van der Waals surface area contributed by atoms with Gasteiger partial charge >= 0.3 is 6.18 Å². The van der Waals surface area contributed by atoms with Gasteiger partial charge in [-0.1, -0.05) is 0 Å². The Morgan fingerprint density at radius 2 is 1.92 bits per heavy atom. The maximum atomic E-state index is 13.6. The van der Waals surface area contributed by atoms with Crippen molar-refractivity contribution < 1.29 is 27.6 Å². The third kappa shape index (κ3) is 4.85. The van der Waals surface area contributed by atoms with E-state index in [0.717, 1.165) is 0 Å². The van der Waals surface area contributed by atoms with Gasteiger partial charge in [-0.15, -0.1) is 0 Å². The van der Waals surface area contributed by atoms with Crippen molar-refractivity contribution in [2.45, 2.75) is 37.4 Å². The van der Waals surface area contributed by atoms with Gasteiger partial charge in [-0.3, -0.25) is 24.5 Å². The normalized spacial score (nSPS) is 17.7. The first kappa shape index (κ1) is 24.7. The number of halogens is 3. The number of hydrogen-bond donors (Lipinski definition) is 1. The fraction of sp³-hybridized carbons (Fsp3) is 0.417. The monoisotopic (exact) mass is 515 g/mol. The van der Waals surface area contributed by atoms with Crippen LogP contribution in [0.1, 0.15) is 36.0 Å². The number of nitrogens with zero attached hydrogens (tertiary/aromatic N) is 6. The maximum Gasteiger partial charge on any atom is 0.389 e. The number of fused-ring (bicyclic) bond motifs is 1. The maximum absolute atomic E-state index is 13.6. The van der Waals surface area contributed by atoms with Crippen LogP contribution < -0.4 is 4.90 Å². The van der Waals surface area contributed by atoms with Crippen molar-refractivity contribution in [2.75, 3.05) is 31.2 Å². The minimum atomic E-state index is -4.44. The van der Waals surface area contributed by atoms with Crippen LogP contribution in [-0.2, 0) is 9.59 Å². The molecule has 13 heteroatoms. The van der Waals surface area contributed by atoms with Gasteiger partial charge in [-0.2, -0.15) is 18.3 Å². The number of pyridine rings is 2. The molecule has 2 aliphatic heterocycles. The van der Waals surface area contributed by atoms with Gasteiger partial charge in [0.1, 0.15) is 5.54 Å². The third-order valence-corrected chi connectivity index (χ3v) is 6.94. The van der Waals surface area contributed by atoms with Crippen LogP contribution in [0.15, 0.2) is 43.0 Å². The van der Waals surface area contributed by atoms with Crippen molar-refractivity contribution >= 4 is 34.3 Å². The van der Waals surface area contributed by atoms with Crippen molar-refractivity contribution in [1.82, 2.24) is 30.0 Å². The molecule has 194 valence electrons. The summed E-state index contributed by atoms with van der Waals surface area (Å²) in [5, 5.41) is 7.36. The fourth-order valence-corrected chi connectivity index (χ4v) is 5.02. The topological polar surface area (TPSA) is 115 Å². The Morgan fingerprint density at radius 1 is 1.14 bits per heavy atom. The van der Waals surface area contributed by atoms with Gasteiger partial charge in [0.25, 0.3) is 5.91 Å². The highest BCUT2D eigenvalue weighted by atomic mass is 19.4. The van der Waals surface area contributed by atoms with Gasteiger partial charge in [0.15, 0.2) is 11.4 Å². The number of aromatic nitrogens is 4. The summed E-state index contributed by atoms with van der Waals surface area (Å²) in [5.74, 6) is -1.20. The zero-order valence-electron chi connectivity index (χ0n) is 19.7. The van der Waals surface area contributed by atoms with E-state index < -0.39 is 36.9 Å². The fourth-order valence-electron chi connectivity index (χ4n) is 5.02. The van der Waals surface area contributed by atoms with Crippen LogP contribution in [0.25, 0.3) is 11.0 Å². The second kappa shape index (κ2) is 9.45. The third-order valence-electron chi connectivity index (χ3n) is 6.94. The lowest BCUT2D eigenvalue weighted by Gasteiger charge is -2.43. The molecule has 0 aliphatic carbocycles. The van der Waals surface area contributed by atoms with E-state index in [4.69, 9.17) is 0 Å². The molecular weight excluding hydrogens is 491 g/mol. The number of carbonyl (C=O) groups is 3. The van der Waals surface area contributed by atoms with Crippen LogP contribution in [0.5, 0.6) is 0 Å². The van der Waals surface area contributed by atoms with Crippen LogP contribution in [0.2, 0.25) is 0 Å². The molecule has 2 aliphatic rings. The van der Waals surface area contributed by atoms with Gasteiger partial charge in [-0.25, -0.2) is 4.98 Å². The summed E-state index contributed by atoms with van der Waals surface area (Å²) in [6.45, 7) is 0.213. The number of aromatic amines is 1. The Morgan fingerprint density at radius 3 is 2.62 bits per heavy atom. The van der Waals surface area contributed by atoms with Crippen LogP contribution in [0, 0.1) is 0 Å².